The fraction of sp³-hybridized carbons (Fsp3) is 0.536. The van der Waals surface area contributed by atoms with Crippen LogP contribution in [-0.2, 0) is 6.18 Å². The van der Waals surface area contributed by atoms with Gasteiger partial charge in [-0.05, 0) is 56.8 Å². The van der Waals surface area contributed by atoms with Gasteiger partial charge >= 0.3 is 12.2 Å². The van der Waals surface area contributed by atoms with Crippen LogP contribution in [0.1, 0.15) is 37.7 Å². The largest absolute Gasteiger partial charge is 0.508 e. The Bertz CT molecular complexity index is 1420. The van der Waals surface area contributed by atoms with Crippen LogP contribution in [0.15, 0.2) is 24.4 Å². The molecule has 4 unspecified atom stereocenters. The summed E-state index contributed by atoms with van der Waals surface area (Å²) in [6.45, 7) is 3.16. The van der Waals surface area contributed by atoms with Gasteiger partial charge in [0.05, 0.1) is 18.1 Å². The third-order valence-corrected chi connectivity index (χ3v) is 8.37. The van der Waals surface area contributed by atoms with Crippen molar-refractivity contribution in [1.29, 1.82) is 0 Å². The van der Waals surface area contributed by atoms with Crippen molar-refractivity contribution in [3.05, 3.63) is 35.8 Å². The van der Waals surface area contributed by atoms with Gasteiger partial charge < -0.3 is 20.1 Å². The van der Waals surface area contributed by atoms with Crippen molar-refractivity contribution in [2.75, 3.05) is 38.2 Å². The number of aromatic hydroxyl groups is 1. The first kappa shape index (κ1) is 27.8. The zero-order valence-corrected chi connectivity index (χ0v) is 22.5. The van der Waals surface area contributed by atoms with Gasteiger partial charge in [-0.15, -0.1) is 0 Å². The number of alkyl halides is 4. The van der Waals surface area contributed by atoms with E-state index in [0.29, 0.717) is 37.6 Å². The van der Waals surface area contributed by atoms with Crippen LogP contribution in [0.4, 0.5) is 27.8 Å². The Morgan fingerprint density at radius 3 is 2.51 bits per heavy atom. The first-order chi connectivity index (χ1) is 19.6. The summed E-state index contributed by atoms with van der Waals surface area (Å²) >= 11 is 0. The molecule has 41 heavy (non-hydrogen) atoms. The minimum absolute atomic E-state index is 0.0959. The van der Waals surface area contributed by atoms with Crippen molar-refractivity contribution in [3.63, 3.8) is 0 Å². The molecule has 0 spiro atoms. The molecule has 4 fully saturated rings. The maximum absolute atomic E-state index is 15.6. The van der Waals surface area contributed by atoms with Crippen molar-refractivity contribution in [3.8, 4) is 23.0 Å². The first-order valence-corrected chi connectivity index (χ1v) is 13.8. The van der Waals surface area contributed by atoms with Crippen molar-refractivity contribution in [2.45, 2.75) is 62.6 Å². The third kappa shape index (κ3) is 5.49. The molecule has 2 aromatic heterocycles. The molecular weight excluding hydrogens is 547 g/mol. The molecule has 3 aromatic rings. The third-order valence-electron chi connectivity index (χ3n) is 8.37. The second kappa shape index (κ2) is 10.8. The average molecular weight is 579 g/mol. The molecule has 2 bridgehead atoms. The van der Waals surface area contributed by atoms with E-state index >= 15 is 4.39 Å². The van der Waals surface area contributed by atoms with Gasteiger partial charge in [0.1, 0.15) is 28.9 Å². The zero-order chi connectivity index (χ0) is 28.9. The molecule has 0 saturated carbocycles. The Morgan fingerprint density at radius 1 is 1.07 bits per heavy atom. The van der Waals surface area contributed by atoms with Crippen molar-refractivity contribution in [1.82, 2.24) is 25.2 Å². The molecule has 0 radical (unpaired) electrons. The van der Waals surface area contributed by atoms with E-state index in [2.05, 4.69) is 25.2 Å². The number of pyridine rings is 1. The van der Waals surface area contributed by atoms with Crippen LogP contribution in [0.3, 0.4) is 0 Å². The number of ether oxygens (including phenoxy) is 1. The lowest BCUT2D eigenvalue weighted by Crippen LogP contribution is -2.51. The normalized spacial score (nSPS) is 25.8. The molecule has 7 rings (SSSR count). The summed E-state index contributed by atoms with van der Waals surface area (Å²) in [7, 11) is 1.34. The fourth-order valence-corrected chi connectivity index (χ4v) is 6.51. The molecule has 220 valence electrons. The van der Waals surface area contributed by atoms with E-state index < -0.39 is 40.7 Å². The fourth-order valence-electron chi connectivity index (χ4n) is 6.51. The smallest absolute Gasteiger partial charge is 0.417 e. The molecule has 4 aliphatic rings. The Hall–Kier alpha value is -3.32. The lowest BCUT2D eigenvalue weighted by molar-refractivity contribution is -0.137. The molecule has 4 aliphatic heterocycles. The van der Waals surface area contributed by atoms with Gasteiger partial charge in [0.25, 0.3) is 0 Å². The first-order valence-electron chi connectivity index (χ1n) is 13.8. The van der Waals surface area contributed by atoms with E-state index in [0.717, 1.165) is 37.9 Å². The van der Waals surface area contributed by atoms with Crippen molar-refractivity contribution in [2.24, 2.45) is 0 Å². The van der Waals surface area contributed by atoms with Gasteiger partial charge in [-0.25, -0.2) is 8.78 Å². The highest BCUT2D eigenvalue weighted by atomic mass is 19.4. The number of piperazine rings is 1. The Morgan fingerprint density at radius 2 is 1.83 bits per heavy atom. The van der Waals surface area contributed by atoms with Crippen LogP contribution < -0.4 is 15.0 Å². The molecule has 8 nitrogen and oxygen atoms in total. The average Bonchev–Trinajstić information content (AvgIpc) is 3.62. The summed E-state index contributed by atoms with van der Waals surface area (Å²) in [4.78, 5) is 16.8. The SMILES string of the molecule is COc1nc(N2CC3CCC(C2)N3)c2cnc(-c3cc(O)ccc3C(F)(F)F)c(F)c2n1.FC1CC2CCCN2C1. The van der Waals surface area contributed by atoms with Gasteiger partial charge in [0, 0.05) is 49.5 Å². The molecule has 4 atom stereocenters. The van der Waals surface area contributed by atoms with E-state index in [-0.39, 0.29) is 29.0 Å². The van der Waals surface area contributed by atoms with Gasteiger partial charge in [-0.2, -0.15) is 23.1 Å². The van der Waals surface area contributed by atoms with Crippen molar-refractivity contribution >= 4 is 16.7 Å². The predicted octanol–water partition coefficient (Wildman–Crippen LogP) is 4.70. The van der Waals surface area contributed by atoms with Crippen LogP contribution >= 0.6 is 0 Å². The standard InChI is InChI=1S/C21H19F4N5O2.C7H12FN/c1-32-20-28-18-14(19(29-20)30-8-10-2-3-11(9-30)27-10)7-26-17(16(18)22)13-6-12(31)4-5-15(13)21(23,24)25;8-6-4-7-2-1-3-9(7)5-6/h4-7,10-11,27,31H,2-3,8-9H2,1H3;6-7H,1-5H2. The zero-order valence-electron chi connectivity index (χ0n) is 22.5. The van der Waals surface area contributed by atoms with Gasteiger partial charge in [0.15, 0.2) is 5.82 Å². The topological polar surface area (TPSA) is 86.6 Å². The van der Waals surface area contributed by atoms with E-state index in [1.54, 1.807) is 0 Å². The minimum Gasteiger partial charge on any atom is -0.508 e. The number of anilines is 1. The second-order valence-corrected chi connectivity index (χ2v) is 11.1. The van der Waals surface area contributed by atoms with Crippen LogP contribution in [0, 0.1) is 5.82 Å². The molecule has 2 N–H and O–H groups in total. The highest BCUT2D eigenvalue weighted by Gasteiger charge is 2.37. The number of hydrogen-bond donors (Lipinski definition) is 2. The summed E-state index contributed by atoms with van der Waals surface area (Å²) in [5, 5.41) is 13.5. The molecule has 1 aromatic carbocycles. The monoisotopic (exact) mass is 578 g/mol. The number of hydrogen-bond acceptors (Lipinski definition) is 8. The number of nitrogens with one attached hydrogen (secondary N) is 1. The Kier molecular flexibility index (Phi) is 7.35. The Labute approximate surface area is 233 Å². The quantitative estimate of drug-likeness (QED) is 0.433. The van der Waals surface area contributed by atoms with E-state index in [9.17, 15) is 22.7 Å². The summed E-state index contributed by atoms with van der Waals surface area (Å²) in [6.07, 6.45) is 1.37. The summed E-state index contributed by atoms with van der Waals surface area (Å²) < 4.78 is 73.9. The molecule has 0 amide bonds. The summed E-state index contributed by atoms with van der Waals surface area (Å²) in [5.74, 6) is -1.06. The van der Waals surface area contributed by atoms with E-state index in [1.807, 2.05) is 4.90 Å². The molecule has 4 saturated heterocycles. The number of phenols is 1. The van der Waals surface area contributed by atoms with Crippen LogP contribution in [0.2, 0.25) is 0 Å². The van der Waals surface area contributed by atoms with E-state index in [1.165, 1.54) is 26.1 Å². The number of methoxy groups -OCH3 is 1. The predicted molar refractivity (Wildman–Crippen MR) is 142 cm³/mol. The van der Waals surface area contributed by atoms with Crippen LogP contribution in [-0.4, -0.2) is 82.5 Å². The highest BCUT2D eigenvalue weighted by Crippen LogP contribution is 2.41. The summed E-state index contributed by atoms with van der Waals surface area (Å²) in [5.41, 5.74) is -2.44. The number of benzene rings is 1. The molecular formula is C28H31F5N6O2. The minimum atomic E-state index is -4.76. The molecule has 0 aliphatic carbocycles. The van der Waals surface area contributed by atoms with Gasteiger partial charge in [-0.3, -0.25) is 9.88 Å². The number of fused-ring (bicyclic) bond motifs is 4. The number of halogens is 5. The van der Waals surface area contributed by atoms with E-state index in [4.69, 9.17) is 4.74 Å². The molecule has 6 heterocycles. The number of aromatic nitrogens is 3. The second-order valence-electron chi connectivity index (χ2n) is 11.1. The maximum Gasteiger partial charge on any atom is 0.417 e. The van der Waals surface area contributed by atoms with Crippen LogP contribution in [0.25, 0.3) is 22.2 Å². The van der Waals surface area contributed by atoms with Gasteiger partial charge in [-0.1, -0.05) is 0 Å². The number of nitrogens with zero attached hydrogens (tertiary/aromatic N) is 5. The van der Waals surface area contributed by atoms with Crippen molar-refractivity contribution < 1.29 is 31.8 Å². The lowest BCUT2D eigenvalue weighted by atomic mass is 10.0. The summed E-state index contributed by atoms with van der Waals surface area (Å²) in [6, 6.07) is 3.51. The van der Waals surface area contributed by atoms with Crippen LogP contribution in [0.5, 0.6) is 11.8 Å². The lowest BCUT2D eigenvalue weighted by Gasteiger charge is -2.34. The molecule has 13 heteroatoms. The maximum atomic E-state index is 15.6. The number of phenolic OH excluding ortho intramolecular Hbond substituents is 1. The highest BCUT2D eigenvalue weighted by molar-refractivity contribution is 5.92. The Balaban J connectivity index is 0.000000283. The number of rotatable bonds is 3. The van der Waals surface area contributed by atoms with Gasteiger partial charge in [0.2, 0.25) is 0 Å².